The van der Waals surface area contributed by atoms with E-state index in [-0.39, 0.29) is 5.91 Å². The Bertz CT molecular complexity index is 685. The van der Waals surface area contributed by atoms with E-state index in [1.54, 1.807) is 0 Å². The van der Waals surface area contributed by atoms with Crippen LogP contribution in [0.2, 0.25) is 0 Å². The van der Waals surface area contributed by atoms with Crippen LogP contribution < -0.4 is 5.43 Å². The van der Waals surface area contributed by atoms with E-state index in [1.807, 2.05) is 43.5 Å². The predicted molar refractivity (Wildman–Crippen MR) is 84.8 cm³/mol. The summed E-state index contributed by atoms with van der Waals surface area (Å²) >= 11 is 0. The van der Waals surface area contributed by atoms with Crippen LogP contribution in [0.4, 0.5) is 0 Å². The van der Waals surface area contributed by atoms with E-state index < -0.39 is 0 Å². The van der Waals surface area contributed by atoms with E-state index in [2.05, 4.69) is 22.4 Å². The van der Waals surface area contributed by atoms with Crippen LogP contribution in [0.1, 0.15) is 54.9 Å². The highest BCUT2D eigenvalue weighted by Gasteiger charge is 2.16. The minimum absolute atomic E-state index is 0.221. The number of carbonyl (C=O) groups is 1. The zero-order chi connectivity index (χ0) is 15.4. The first-order chi connectivity index (χ1) is 10.0. The number of imidazole rings is 1. The molecule has 0 aliphatic heterocycles. The summed E-state index contributed by atoms with van der Waals surface area (Å²) in [5, 5.41) is 4.16. The van der Waals surface area contributed by atoms with Crippen LogP contribution in [0.3, 0.4) is 0 Å². The lowest BCUT2D eigenvalue weighted by molar-refractivity contribution is 0.0948. The van der Waals surface area contributed by atoms with Crippen LogP contribution in [-0.2, 0) is 0 Å². The lowest BCUT2D eigenvalue weighted by Gasteiger charge is -2.04. The number of carbonyl (C=O) groups excluding carboxylic acids is 1. The van der Waals surface area contributed by atoms with Gasteiger partial charge in [-0.05, 0) is 45.2 Å². The molecular formula is C16H22N4O. The first kappa shape index (κ1) is 15.2. The quantitative estimate of drug-likeness (QED) is 0.677. The van der Waals surface area contributed by atoms with Crippen LogP contribution in [0.25, 0.3) is 5.65 Å². The fourth-order valence-corrected chi connectivity index (χ4v) is 2.23. The standard InChI is InChI=1S/C16H22N4O/c1-5-6-7-12(3)18-19-16(21)15-13(4)17-14-9-8-11(2)10-20(14)15/h8-10H,5-7H2,1-4H3,(H,19,21)/b18-12-. The summed E-state index contributed by atoms with van der Waals surface area (Å²) in [7, 11) is 0. The van der Waals surface area contributed by atoms with Crippen molar-refractivity contribution in [2.24, 2.45) is 5.10 Å². The van der Waals surface area contributed by atoms with Crippen molar-refractivity contribution in [3.8, 4) is 0 Å². The van der Waals surface area contributed by atoms with Gasteiger partial charge in [-0.1, -0.05) is 19.4 Å². The molecule has 2 heterocycles. The third-order valence-corrected chi connectivity index (χ3v) is 3.40. The van der Waals surface area contributed by atoms with Crippen LogP contribution in [0, 0.1) is 13.8 Å². The molecule has 0 bridgehead atoms. The van der Waals surface area contributed by atoms with Gasteiger partial charge < -0.3 is 0 Å². The van der Waals surface area contributed by atoms with Crippen molar-refractivity contribution in [1.82, 2.24) is 14.8 Å². The first-order valence-electron chi connectivity index (χ1n) is 7.31. The Hall–Kier alpha value is -2.17. The second kappa shape index (κ2) is 6.52. The Balaban J connectivity index is 2.23. The van der Waals surface area contributed by atoms with Crippen molar-refractivity contribution in [2.75, 3.05) is 0 Å². The number of pyridine rings is 1. The fourth-order valence-electron chi connectivity index (χ4n) is 2.23. The van der Waals surface area contributed by atoms with Gasteiger partial charge in [-0.2, -0.15) is 5.10 Å². The molecule has 0 fully saturated rings. The van der Waals surface area contributed by atoms with E-state index in [0.717, 1.165) is 36.2 Å². The topological polar surface area (TPSA) is 58.8 Å². The molecule has 1 amide bonds. The molecule has 2 aromatic rings. The van der Waals surface area contributed by atoms with Crippen LogP contribution in [0.5, 0.6) is 0 Å². The molecule has 0 spiro atoms. The van der Waals surface area contributed by atoms with E-state index >= 15 is 0 Å². The summed E-state index contributed by atoms with van der Waals surface area (Å²) in [6.07, 6.45) is 5.02. The van der Waals surface area contributed by atoms with Gasteiger partial charge in [0.25, 0.3) is 5.91 Å². The first-order valence-corrected chi connectivity index (χ1v) is 7.31. The Morgan fingerprint density at radius 3 is 2.86 bits per heavy atom. The summed E-state index contributed by atoms with van der Waals surface area (Å²) < 4.78 is 1.82. The zero-order valence-corrected chi connectivity index (χ0v) is 13.1. The second-order valence-electron chi connectivity index (χ2n) is 5.37. The van der Waals surface area contributed by atoms with Crippen LogP contribution in [0.15, 0.2) is 23.4 Å². The Kier molecular flexibility index (Phi) is 4.73. The van der Waals surface area contributed by atoms with Crippen molar-refractivity contribution >= 4 is 17.3 Å². The van der Waals surface area contributed by atoms with E-state index in [9.17, 15) is 4.79 Å². The van der Waals surface area contributed by atoms with Crippen molar-refractivity contribution < 1.29 is 4.79 Å². The third-order valence-electron chi connectivity index (χ3n) is 3.40. The predicted octanol–water partition coefficient (Wildman–Crippen LogP) is 3.25. The summed E-state index contributed by atoms with van der Waals surface area (Å²) in [5.41, 5.74) is 6.68. The molecule has 5 heteroatoms. The van der Waals surface area contributed by atoms with Gasteiger partial charge in [-0.15, -0.1) is 0 Å². The highest BCUT2D eigenvalue weighted by Crippen LogP contribution is 2.13. The van der Waals surface area contributed by atoms with Gasteiger partial charge in [0.05, 0.1) is 5.69 Å². The number of fused-ring (bicyclic) bond motifs is 1. The molecule has 112 valence electrons. The number of aryl methyl sites for hydroxylation is 2. The normalized spacial score (nSPS) is 11.9. The molecule has 5 nitrogen and oxygen atoms in total. The number of nitrogens with one attached hydrogen (secondary N) is 1. The monoisotopic (exact) mass is 286 g/mol. The van der Waals surface area contributed by atoms with Gasteiger partial charge >= 0.3 is 0 Å². The molecule has 0 atom stereocenters. The lowest BCUT2D eigenvalue weighted by Crippen LogP contribution is -2.21. The van der Waals surface area contributed by atoms with Gasteiger partial charge in [0, 0.05) is 11.9 Å². The van der Waals surface area contributed by atoms with Crippen molar-refractivity contribution in [3.05, 3.63) is 35.3 Å². The molecule has 21 heavy (non-hydrogen) atoms. The maximum atomic E-state index is 12.4. The van der Waals surface area contributed by atoms with Gasteiger partial charge in [-0.25, -0.2) is 10.4 Å². The maximum Gasteiger partial charge on any atom is 0.290 e. The SMILES string of the molecule is CCCC/C(C)=N\NC(=O)c1c(C)nc2ccc(C)cn12. The smallest absolute Gasteiger partial charge is 0.290 e. The summed E-state index contributed by atoms with van der Waals surface area (Å²) in [6.45, 7) is 7.89. The zero-order valence-electron chi connectivity index (χ0n) is 13.1. The molecule has 0 saturated carbocycles. The third kappa shape index (κ3) is 3.48. The van der Waals surface area contributed by atoms with Crippen molar-refractivity contribution in [1.29, 1.82) is 0 Å². The number of hydrogen-bond acceptors (Lipinski definition) is 3. The van der Waals surface area contributed by atoms with Crippen LogP contribution >= 0.6 is 0 Å². The number of rotatable bonds is 5. The number of hydrogen-bond donors (Lipinski definition) is 1. The minimum Gasteiger partial charge on any atom is -0.295 e. The van der Waals surface area contributed by atoms with E-state index in [4.69, 9.17) is 0 Å². The van der Waals surface area contributed by atoms with E-state index in [0.29, 0.717) is 11.4 Å². The largest absolute Gasteiger partial charge is 0.295 e. The number of unbranched alkanes of at least 4 members (excludes halogenated alkanes) is 1. The van der Waals surface area contributed by atoms with Crippen LogP contribution in [-0.4, -0.2) is 21.0 Å². The maximum absolute atomic E-state index is 12.4. The molecule has 0 aliphatic carbocycles. The molecule has 2 rings (SSSR count). The summed E-state index contributed by atoms with van der Waals surface area (Å²) in [5.74, 6) is -0.221. The highest BCUT2D eigenvalue weighted by molar-refractivity contribution is 5.95. The molecule has 0 unspecified atom stereocenters. The summed E-state index contributed by atoms with van der Waals surface area (Å²) in [4.78, 5) is 16.8. The number of hydrazone groups is 1. The number of amides is 1. The van der Waals surface area contributed by atoms with Gasteiger partial charge in [0.15, 0.2) is 0 Å². The lowest BCUT2D eigenvalue weighted by atomic mass is 10.2. The number of aromatic nitrogens is 2. The van der Waals surface area contributed by atoms with Gasteiger partial charge in [0.2, 0.25) is 0 Å². The van der Waals surface area contributed by atoms with Crippen molar-refractivity contribution in [3.63, 3.8) is 0 Å². The Labute approximate surface area is 125 Å². The molecule has 0 aromatic carbocycles. The number of nitrogens with zero attached hydrogens (tertiary/aromatic N) is 3. The highest BCUT2D eigenvalue weighted by atomic mass is 16.2. The molecule has 0 saturated heterocycles. The average molecular weight is 286 g/mol. The molecule has 0 radical (unpaired) electrons. The molecule has 1 N–H and O–H groups in total. The minimum atomic E-state index is -0.221. The molecular weight excluding hydrogens is 264 g/mol. The van der Waals surface area contributed by atoms with E-state index in [1.165, 1.54) is 0 Å². The van der Waals surface area contributed by atoms with Gasteiger partial charge in [-0.3, -0.25) is 9.20 Å². The average Bonchev–Trinajstić information content (AvgIpc) is 2.77. The van der Waals surface area contributed by atoms with Crippen molar-refractivity contribution in [2.45, 2.75) is 47.0 Å². The molecule has 2 aromatic heterocycles. The second-order valence-corrected chi connectivity index (χ2v) is 5.37. The Morgan fingerprint density at radius 1 is 1.38 bits per heavy atom. The van der Waals surface area contributed by atoms with Gasteiger partial charge in [0.1, 0.15) is 11.3 Å². The Morgan fingerprint density at radius 2 is 2.14 bits per heavy atom. The molecule has 0 aliphatic rings. The summed E-state index contributed by atoms with van der Waals surface area (Å²) in [6, 6.07) is 3.89. The fraction of sp³-hybridized carbons (Fsp3) is 0.438.